The highest BCUT2D eigenvalue weighted by Crippen LogP contribution is 2.42. The van der Waals surface area contributed by atoms with E-state index in [1.54, 1.807) is 0 Å². The van der Waals surface area contributed by atoms with Gasteiger partial charge in [0.25, 0.3) is 0 Å². The van der Waals surface area contributed by atoms with Gasteiger partial charge in [-0.1, -0.05) is 19.8 Å². The molecule has 2 aliphatic rings. The van der Waals surface area contributed by atoms with Crippen LogP contribution in [-0.4, -0.2) is 17.2 Å². The second kappa shape index (κ2) is 4.89. The quantitative estimate of drug-likeness (QED) is 0.754. The van der Waals surface area contributed by atoms with E-state index in [0.29, 0.717) is 4.87 Å². The van der Waals surface area contributed by atoms with Gasteiger partial charge in [-0.05, 0) is 50.3 Å². The molecule has 0 aromatic heterocycles. The van der Waals surface area contributed by atoms with Gasteiger partial charge in [-0.15, -0.1) is 11.8 Å². The number of hydrogen-bond acceptors (Lipinski definition) is 2. The molecule has 1 spiro atoms. The lowest BCUT2D eigenvalue weighted by Gasteiger charge is -2.43. The van der Waals surface area contributed by atoms with Crippen molar-refractivity contribution in [2.75, 3.05) is 12.3 Å². The molecule has 1 aliphatic heterocycles. The minimum Gasteiger partial charge on any atom is -0.303 e. The fourth-order valence-corrected chi connectivity index (χ4v) is 4.28. The molecule has 0 aromatic rings. The summed E-state index contributed by atoms with van der Waals surface area (Å²) in [6.07, 6.45) is 9.97. The van der Waals surface area contributed by atoms with Gasteiger partial charge in [0, 0.05) is 0 Å². The van der Waals surface area contributed by atoms with Crippen LogP contribution in [0.4, 0.5) is 0 Å². The van der Waals surface area contributed by atoms with Gasteiger partial charge in [-0.25, -0.2) is 0 Å². The van der Waals surface area contributed by atoms with Crippen molar-refractivity contribution in [2.24, 2.45) is 5.92 Å². The molecule has 1 saturated heterocycles. The SMILES string of the molecule is CCCC1CCC2(CC1)NCCCS2. The van der Waals surface area contributed by atoms with Crippen LogP contribution >= 0.6 is 11.8 Å². The van der Waals surface area contributed by atoms with Crippen LogP contribution in [-0.2, 0) is 0 Å². The number of rotatable bonds is 2. The first-order valence-electron chi connectivity index (χ1n) is 6.24. The summed E-state index contributed by atoms with van der Waals surface area (Å²) >= 11 is 2.20. The molecule has 0 aromatic carbocycles. The fourth-order valence-electron chi connectivity index (χ4n) is 2.87. The molecule has 0 radical (unpaired) electrons. The highest BCUT2D eigenvalue weighted by molar-refractivity contribution is 8.00. The first-order chi connectivity index (χ1) is 6.85. The molecule has 0 bridgehead atoms. The normalized spacial score (nSPS) is 38.8. The summed E-state index contributed by atoms with van der Waals surface area (Å²) in [5.74, 6) is 2.42. The van der Waals surface area contributed by atoms with Crippen LogP contribution < -0.4 is 5.32 Å². The molecular formula is C12H23NS. The van der Waals surface area contributed by atoms with Crippen LogP contribution in [0.5, 0.6) is 0 Å². The van der Waals surface area contributed by atoms with Crippen molar-refractivity contribution in [1.29, 1.82) is 0 Å². The largest absolute Gasteiger partial charge is 0.303 e. The summed E-state index contributed by atoms with van der Waals surface area (Å²) in [4.78, 5) is 0.502. The highest BCUT2D eigenvalue weighted by Gasteiger charge is 2.36. The molecule has 1 aliphatic carbocycles. The summed E-state index contributed by atoms with van der Waals surface area (Å²) in [5.41, 5.74) is 0. The molecule has 2 fully saturated rings. The van der Waals surface area contributed by atoms with E-state index in [4.69, 9.17) is 0 Å². The summed E-state index contributed by atoms with van der Waals surface area (Å²) in [6.45, 7) is 3.57. The molecule has 1 nitrogen and oxygen atoms in total. The maximum atomic E-state index is 3.76. The maximum Gasteiger partial charge on any atom is 0.0645 e. The first kappa shape index (κ1) is 10.8. The lowest BCUT2D eigenvalue weighted by atomic mass is 9.83. The van der Waals surface area contributed by atoms with Gasteiger partial charge < -0.3 is 5.32 Å². The molecule has 1 heterocycles. The Kier molecular flexibility index (Phi) is 3.78. The third kappa shape index (κ3) is 2.46. The van der Waals surface area contributed by atoms with Gasteiger partial charge in [-0.2, -0.15) is 0 Å². The van der Waals surface area contributed by atoms with Crippen LogP contribution in [0, 0.1) is 5.92 Å². The van der Waals surface area contributed by atoms with Crippen LogP contribution in [0.2, 0.25) is 0 Å². The van der Waals surface area contributed by atoms with Crippen molar-refractivity contribution in [3.63, 3.8) is 0 Å². The minimum atomic E-state index is 0.502. The van der Waals surface area contributed by atoms with Gasteiger partial charge >= 0.3 is 0 Å². The Labute approximate surface area is 92.4 Å². The van der Waals surface area contributed by atoms with Gasteiger partial charge in [0.15, 0.2) is 0 Å². The van der Waals surface area contributed by atoms with Crippen molar-refractivity contribution in [3.05, 3.63) is 0 Å². The Balaban J connectivity index is 1.81. The van der Waals surface area contributed by atoms with Crippen molar-refractivity contribution in [3.8, 4) is 0 Å². The molecule has 82 valence electrons. The Morgan fingerprint density at radius 3 is 2.71 bits per heavy atom. The minimum absolute atomic E-state index is 0.502. The van der Waals surface area contributed by atoms with E-state index >= 15 is 0 Å². The molecule has 14 heavy (non-hydrogen) atoms. The van der Waals surface area contributed by atoms with Crippen molar-refractivity contribution in [1.82, 2.24) is 5.32 Å². The summed E-state index contributed by atoms with van der Waals surface area (Å²) in [6, 6.07) is 0. The van der Waals surface area contributed by atoms with Gasteiger partial charge in [-0.3, -0.25) is 0 Å². The van der Waals surface area contributed by atoms with E-state index in [1.807, 2.05) is 0 Å². The van der Waals surface area contributed by atoms with E-state index in [9.17, 15) is 0 Å². The third-order valence-electron chi connectivity index (χ3n) is 3.76. The van der Waals surface area contributed by atoms with E-state index in [1.165, 1.54) is 57.2 Å². The van der Waals surface area contributed by atoms with Crippen molar-refractivity contribution >= 4 is 11.8 Å². The number of thioether (sulfide) groups is 1. The maximum absolute atomic E-state index is 3.76. The van der Waals surface area contributed by atoms with Gasteiger partial charge in [0.05, 0.1) is 4.87 Å². The summed E-state index contributed by atoms with van der Waals surface area (Å²) < 4.78 is 0. The Hall–Kier alpha value is 0.310. The number of nitrogens with one attached hydrogen (secondary N) is 1. The molecule has 0 unspecified atom stereocenters. The van der Waals surface area contributed by atoms with Crippen LogP contribution in [0.15, 0.2) is 0 Å². The number of hydrogen-bond donors (Lipinski definition) is 1. The van der Waals surface area contributed by atoms with Crippen molar-refractivity contribution < 1.29 is 0 Å². The monoisotopic (exact) mass is 213 g/mol. The molecule has 0 amide bonds. The van der Waals surface area contributed by atoms with E-state index in [2.05, 4.69) is 24.0 Å². The van der Waals surface area contributed by atoms with E-state index < -0.39 is 0 Å². The zero-order valence-electron chi connectivity index (χ0n) is 9.35. The Morgan fingerprint density at radius 2 is 2.14 bits per heavy atom. The topological polar surface area (TPSA) is 12.0 Å². The van der Waals surface area contributed by atoms with Crippen LogP contribution in [0.1, 0.15) is 51.9 Å². The standard InChI is InChI=1S/C12H23NS/c1-2-4-11-5-7-12(8-6-11)13-9-3-10-14-12/h11,13H,2-10H2,1H3. The Bertz CT molecular complexity index is 165. The highest BCUT2D eigenvalue weighted by atomic mass is 32.2. The molecule has 0 atom stereocenters. The van der Waals surface area contributed by atoms with Gasteiger partial charge in [0.2, 0.25) is 0 Å². The first-order valence-corrected chi connectivity index (χ1v) is 7.22. The summed E-state index contributed by atoms with van der Waals surface area (Å²) in [7, 11) is 0. The van der Waals surface area contributed by atoms with Crippen molar-refractivity contribution in [2.45, 2.75) is 56.7 Å². The second-order valence-electron chi connectivity index (χ2n) is 4.86. The summed E-state index contributed by atoms with van der Waals surface area (Å²) in [5, 5.41) is 3.76. The molecule has 2 rings (SSSR count). The predicted octanol–water partition coefficient (Wildman–Crippen LogP) is 3.40. The third-order valence-corrected chi connectivity index (χ3v) is 5.35. The molecule has 1 saturated carbocycles. The Morgan fingerprint density at radius 1 is 1.36 bits per heavy atom. The second-order valence-corrected chi connectivity index (χ2v) is 6.33. The zero-order chi connectivity index (χ0) is 9.86. The average Bonchev–Trinajstić information content (AvgIpc) is 2.24. The smallest absolute Gasteiger partial charge is 0.0645 e. The van der Waals surface area contributed by atoms with Crippen LogP contribution in [0.3, 0.4) is 0 Å². The fraction of sp³-hybridized carbons (Fsp3) is 1.00. The zero-order valence-corrected chi connectivity index (χ0v) is 10.2. The van der Waals surface area contributed by atoms with E-state index in [-0.39, 0.29) is 0 Å². The lowest BCUT2D eigenvalue weighted by Crippen LogP contribution is -2.48. The van der Waals surface area contributed by atoms with E-state index in [0.717, 1.165) is 5.92 Å². The lowest BCUT2D eigenvalue weighted by molar-refractivity contribution is 0.252. The predicted molar refractivity (Wildman–Crippen MR) is 64.7 cm³/mol. The molecular weight excluding hydrogens is 190 g/mol. The van der Waals surface area contributed by atoms with Crippen LogP contribution in [0.25, 0.3) is 0 Å². The average molecular weight is 213 g/mol. The van der Waals surface area contributed by atoms with Gasteiger partial charge in [0.1, 0.15) is 0 Å². The molecule has 2 heteroatoms. The molecule has 1 N–H and O–H groups in total.